The van der Waals surface area contributed by atoms with E-state index < -0.39 is 17.8 Å². The number of benzene rings is 1. The molecular weight excluding hydrogens is 409 g/mol. The maximum Gasteiger partial charge on any atom is 0.417 e. The lowest BCUT2D eigenvalue weighted by molar-refractivity contribution is -0.137. The number of hydrogen-bond donors (Lipinski definition) is 1. The predicted octanol–water partition coefficient (Wildman–Crippen LogP) is 3.95. The zero-order valence-corrected chi connectivity index (χ0v) is 16.4. The number of amides is 2. The minimum absolute atomic E-state index is 0.0537. The second-order valence-corrected chi connectivity index (χ2v) is 7.17. The number of hydrogen-bond acceptors (Lipinski definition) is 4. The smallest absolute Gasteiger partial charge is 0.349 e. The fourth-order valence-electron chi connectivity index (χ4n) is 3.19. The van der Waals surface area contributed by atoms with E-state index in [1.807, 2.05) is 0 Å². The van der Waals surface area contributed by atoms with Crippen molar-refractivity contribution in [1.29, 1.82) is 0 Å². The first-order valence-electron chi connectivity index (χ1n) is 8.72. The number of alkyl halides is 3. The van der Waals surface area contributed by atoms with Gasteiger partial charge in [0, 0.05) is 25.7 Å². The van der Waals surface area contributed by atoms with Crippen molar-refractivity contribution in [3.05, 3.63) is 47.1 Å². The average molecular weight is 427 g/mol. The van der Waals surface area contributed by atoms with Gasteiger partial charge in [0.2, 0.25) is 11.8 Å². The molecule has 1 aliphatic rings. The molecule has 1 atom stereocenters. The van der Waals surface area contributed by atoms with Crippen molar-refractivity contribution in [2.75, 3.05) is 28.7 Å². The van der Waals surface area contributed by atoms with E-state index in [-0.39, 0.29) is 35.6 Å². The SMILES string of the molecule is CC1CC(=O)Nc2ccccc2N1C(=O)CN(C)c1ncc(C(F)(F)F)cc1Cl. The quantitative estimate of drug-likeness (QED) is 0.807. The van der Waals surface area contributed by atoms with E-state index >= 15 is 0 Å². The zero-order chi connectivity index (χ0) is 21.3. The number of pyridine rings is 1. The molecule has 0 spiro atoms. The van der Waals surface area contributed by atoms with Crippen molar-refractivity contribution in [1.82, 2.24) is 4.98 Å². The van der Waals surface area contributed by atoms with E-state index in [2.05, 4.69) is 10.3 Å². The molecule has 29 heavy (non-hydrogen) atoms. The summed E-state index contributed by atoms with van der Waals surface area (Å²) in [6.07, 6.45) is -3.77. The van der Waals surface area contributed by atoms with E-state index in [9.17, 15) is 22.8 Å². The van der Waals surface area contributed by atoms with Gasteiger partial charge in [-0.1, -0.05) is 23.7 Å². The number of aromatic nitrogens is 1. The molecule has 6 nitrogen and oxygen atoms in total. The molecule has 1 N–H and O–H groups in total. The Bertz CT molecular complexity index is 951. The summed E-state index contributed by atoms with van der Waals surface area (Å²) >= 11 is 5.97. The highest BCUT2D eigenvalue weighted by atomic mass is 35.5. The van der Waals surface area contributed by atoms with Gasteiger partial charge in [0.25, 0.3) is 0 Å². The molecular formula is C19H18ClF3N4O2. The Morgan fingerprint density at radius 3 is 2.72 bits per heavy atom. The van der Waals surface area contributed by atoms with Crippen LogP contribution in [0.2, 0.25) is 5.02 Å². The number of carbonyl (C=O) groups is 2. The highest BCUT2D eigenvalue weighted by molar-refractivity contribution is 6.33. The van der Waals surface area contributed by atoms with Crippen LogP contribution >= 0.6 is 11.6 Å². The van der Waals surface area contributed by atoms with Crippen LogP contribution in [0.15, 0.2) is 36.5 Å². The van der Waals surface area contributed by atoms with E-state index in [4.69, 9.17) is 11.6 Å². The summed E-state index contributed by atoms with van der Waals surface area (Å²) in [5.74, 6) is -0.499. The van der Waals surface area contributed by atoms with Crippen molar-refractivity contribution < 1.29 is 22.8 Å². The Hall–Kier alpha value is -2.81. The lowest BCUT2D eigenvalue weighted by Crippen LogP contribution is -2.44. The number of anilines is 3. The summed E-state index contributed by atoms with van der Waals surface area (Å²) in [6, 6.07) is 7.28. The monoisotopic (exact) mass is 426 g/mol. The average Bonchev–Trinajstić information content (AvgIpc) is 2.74. The summed E-state index contributed by atoms with van der Waals surface area (Å²) in [4.78, 5) is 31.7. The molecule has 154 valence electrons. The second-order valence-electron chi connectivity index (χ2n) is 6.77. The van der Waals surface area contributed by atoms with Crippen LogP contribution in [-0.4, -0.2) is 36.4 Å². The standard InChI is InChI=1S/C19H18ClF3N4O2/c1-11-7-16(28)25-14-5-3-4-6-15(14)27(11)17(29)10-26(2)18-13(20)8-12(9-24-18)19(21,22)23/h3-6,8-9,11H,7,10H2,1-2H3,(H,25,28). The van der Waals surface area contributed by atoms with Gasteiger partial charge >= 0.3 is 6.18 Å². The molecule has 0 saturated heterocycles. The Labute approximate surface area is 170 Å². The maximum atomic E-state index is 13.0. The molecule has 2 amide bonds. The van der Waals surface area contributed by atoms with Gasteiger partial charge in [0.15, 0.2) is 0 Å². The normalized spacial score (nSPS) is 16.7. The summed E-state index contributed by atoms with van der Waals surface area (Å²) < 4.78 is 38.4. The maximum absolute atomic E-state index is 13.0. The van der Waals surface area contributed by atoms with Crippen molar-refractivity contribution >= 4 is 40.6 Å². The van der Waals surface area contributed by atoms with Crippen LogP contribution < -0.4 is 15.1 Å². The van der Waals surface area contributed by atoms with Crippen LogP contribution in [0.25, 0.3) is 0 Å². The third-order valence-corrected chi connectivity index (χ3v) is 4.79. The summed E-state index contributed by atoms with van der Waals surface area (Å²) in [7, 11) is 1.51. The molecule has 0 fully saturated rings. The predicted molar refractivity (Wildman–Crippen MR) is 104 cm³/mol. The van der Waals surface area contributed by atoms with Gasteiger partial charge in [-0.05, 0) is 25.1 Å². The molecule has 10 heteroatoms. The van der Waals surface area contributed by atoms with Crippen molar-refractivity contribution in [2.24, 2.45) is 0 Å². The Morgan fingerprint density at radius 1 is 1.38 bits per heavy atom. The molecule has 1 aromatic carbocycles. The molecule has 2 heterocycles. The first-order chi connectivity index (χ1) is 13.6. The lowest BCUT2D eigenvalue weighted by atomic mass is 10.1. The number of para-hydroxylation sites is 2. The van der Waals surface area contributed by atoms with Gasteiger partial charge in [-0.15, -0.1) is 0 Å². The zero-order valence-electron chi connectivity index (χ0n) is 15.6. The Kier molecular flexibility index (Phi) is 5.70. The van der Waals surface area contributed by atoms with Crippen LogP contribution in [0.1, 0.15) is 18.9 Å². The molecule has 0 saturated carbocycles. The first kappa shape index (κ1) is 20.9. The second kappa shape index (κ2) is 7.90. The molecule has 0 radical (unpaired) electrons. The minimum Gasteiger partial charge on any atom is -0.349 e. The van der Waals surface area contributed by atoms with Crippen molar-refractivity contribution in [2.45, 2.75) is 25.6 Å². The lowest BCUT2D eigenvalue weighted by Gasteiger charge is -2.30. The molecule has 0 bridgehead atoms. The highest BCUT2D eigenvalue weighted by Crippen LogP contribution is 2.34. The van der Waals surface area contributed by atoms with E-state index in [1.165, 1.54) is 16.8 Å². The third-order valence-electron chi connectivity index (χ3n) is 4.51. The third kappa shape index (κ3) is 4.45. The van der Waals surface area contributed by atoms with Gasteiger partial charge in [-0.25, -0.2) is 4.98 Å². The number of fused-ring (bicyclic) bond motifs is 1. The number of nitrogens with zero attached hydrogens (tertiary/aromatic N) is 3. The van der Waals surface area contributed by atoms with E-state index in [0.717, 1.165) is 6.07 Å². The van der Waals surface area contributed by atoms with Crippen LogP contribution in [0.5, 0.6) is 0 Å². The summed E-state index contributed by atoms with van der Waals surface area (Å²) in [5, 5.41) is 2.55. The number of nitrogens with one attached hydrogen (secondary N) is 1. The van der Waals surface area contributed by atoms with Gasteiger partial charge in [0.05, 0.1) is 28.5 Å². The van der Waals surface area contributed by atoms with Crippen LogP contribution in [0, 0.1) is 0 Å². The molecule has 1 unspecified atom stereocenters. The van der Waals surface area contributed by atoms with Crippen molar-refractivity contribution in [3.63, 3.8) is 0 Å². The number of carbonyl (C=O) groups excluding carboxylic acids is 2. The Balaban J connectivity index is 1.85. The molecule has 1 aromatic heterocycles. The first-order valence-corrected chi connectivity index (χ1v) is 9.10. The molecule has 1 aliphatic heterocycles. The Morgan fingerprint density at radius 2 is 2.07 bits per heavy atom. The summed E-state index contributed by atoms with van der Waals surface area (Å²) in [5.41, 5.74) is 0.102. The number of halogens is 4. The van der Waals surface area contributed by atoms with Gasteiger partial charge in [0.1, 0.15) is 5.82 Å². The van der Waals surface area contributed by atoms with Gasteiger partial charge < -0.3 is 15.1 Å². The van der Waals surface area contributed by atoms with E-state index in [1.54, 1.807) is 31.2 Å². The minimum atomic E-state index is -4.56. The highest BCUT2D eigenvalue weighted by Gasteiger charge is 2.33. The fourth-order valence-corrected chi connectivity index (χ4v) is 3.50. The van der Waals surface area contributed by atoms with Crippen LogP contribution in [-0.2, 0) is 15.8 Å². The molecule has 3 rings (SSSR count). The van der Waals surface area contributed by atoms with Crippen molar-refractivity contribution in [3.8, 4) is 0 Å². The molecule has 0 aliphatic carbocycles. The largest absolute Gasteiger partial charge is 0.417 e. The fraction of sp³-hybridized carbons (Fsp3) is 0.316. The van der Waals surface area contributed by atoms with Gasteiger partial charge in [-0.3, -0.25) is 9.59 Å². The summed E-state index contributed by atoms with van der Waals surface area (Å²) in [6.45, 7) is 1.56. The number of likely N-dealkylation sites (N-methyl/N-ethyl adjacent to an activating group) is 1. The molecule has 2 aromatic rings. The topological polar surface area (TPSA) is 65.5 Å². The van der Waals surface area contributed by atoms with Crippen LogP contribution in [0.4, 0.5) is 30.4 Å². The van der Waals surface area contributed by atoms with Gasteiger partial charge in [-0.2, -0.15) is 13.2 Å². The van der Waals surface area contributed by atoms with Crippen LogP contribution in [0.3, 0.4) is 0 Å². The number of rotatable bonds is 3. The van der Waals surface area contributed by atoms with E-state index in [0.29, 0.717) is 17.6 Å².